The van der Waals surface area contributed by atoms with Gasteiger partial charge in [-0.25, -0.2) is 0 Å². The third-order valence-electron chi connectivity index (χ3n) is 2.68. The zero-order valence-electron chi connectivity index (χ0n) is 8.28. The normalized spacial score (nSPS) is 23.7. The lowest BCUT2D eigenvalue weighted by atomic mass is 9.95. The summed E-state index contributed by atoms with van der Waals surface area (Å²) in [6.07, 6.45) is 4.01. The maximum atomic E-state index is 5.88. The Morgan fingerprint density at radius 3 is 3.14 bits per heavy atom. The van der Waals surface area contributed by atoms with Crippen molar-refractivity contribution in [3.63, 3.8) is 0 Å². The summed E-state index contributed by atoms with van der Waals surface area (Å²) in [6, 6.07) is 1.93. The van der Waals surface area contributed by atoms with Crippen molar-refractivity contribution in [1.29, 1.82) is 0 Å². The first-order valence-electron chi connectivity index (χ1n) is 4.92. The first kappa shape index (κ1) is 9.87. The van der Waals surface area contributed by atoms with Gasteiger partial charge in [-0.3, -0.25) is 0 Å². The smallest absolute Gasteiger partial charge is 0.0689 e. The van der Waals surface area contributed by atoms with Crippen LogP contribution in [0.4, 0.5) is 0 Å². The van der Waals surface area contributed by atoms with Crippen LogP contribution in [0, 0.1) is 0 Å². The molecule has 2 heterocycles. The average Bonchev–Trinajstić information content (AvgIpc) is 2.18. The lowest BCUT2D eigenvalue weighted by Crippen LogP contribution is -2.31. The van der Waals surface area contributed by atoms with Crippen molar-refractivity contribution in [2.24, 2.45) is 0 Å². The first-order chi connectivity index (χ1) is 6.75. The van der Waals surface area contributed by atoms with Gasteiger partial charge in [0.15, 0.2) is 0 Å². The van der Waals surface area contributed by atoms with Crippen LogP contribution in [0.1, 0.15) is 24.5 Å². The minimum atomic E-state index is 0.500. The number of likely N-dealkylation sites (N-methyl/N-ethyl adjacent to an activating group) is 1. The SMILES string of the molecule is CN1CCCC(c2cc(Cl)cnn2)C1. The van der Waals surface area contributed by atoms with Crippen molar-refractivity contribution in [2.45, 2.75) is 18.8 Å². The molecule has 14 heavy (non-hydrogen) atoms. The van der Waals surface area contributed by atoms with Gasteiger partial charge in [-0.15, -0.1) is 0 Å². The van der Waals surface area contributed by atoms with Crippen molar-refractivity contribution in [2.75, 3.05) is 20.1 Å². The van der Waals surface area contributed by atoms with Crippen molar-refractivity contribution in [3.05, 3.63) is 23.0 Å². The number of halogens is 1. The standard InChI is InChI=1S/C10H14ClN3/c1-14-4-2-3-8(7-14)10-5-9(11)6-12-13-10/h5-6,8H,2-4,7H2,1H3. The molecule has 1 atom stereocenters. The summed E-state index contributed by atoms with van der Waals surface area (Å²) in [5.74, 6) is 0.500. The Hall–Kier alpha value is -0.670. The number of nitrogens with zero attached hydrogens (tertiary/aromatic N) is 3. The van der Waals surface area contributed by atoms with E-state index in [-0.39, 0.29) is 0 Å². The highest BCUT2D eigenvalue weighted by molar-refractivity contribution is 6.30. The van der Waals surface area contributed by atoms with Crippen molar-refractivity contribution in [1.82, 2.24) is 15.1 Å². The molecule has 2 rings (SSSR count). The molecule has 1 aliphatic rings. The van der Waals surface area contributed by atoms with Gasteiger partial charge >= 0.3 is 0 Å². The van der Waals surface area contributed by atoms with E-state index in [1.54, 1.807) is 6.20 Å². The van der Waals surface area contributed by atoms with Crippen LogP contribution >= 0.6 is 11.6 Å². The lowest BCUT2D eigenvalue weighted by molar-refractivity contribution is 0.248. The summed E-state index contributed by atoms with van der Waals surface area (Å²) < 4.78 is 0. The van der Waals surface area contributed by atoms with Crippen LogP contribution in [-0.2, 0) is 0 Å². The third kappa shape index (κ3) is 2.22. The quantitative estimate of drug-likeness (QED) is 0.711. The molecule has 0 saturated carbocycles. The molecule has 0 aromatic carbocycles. The van der Waals surface area contributed by atoms with Crippen LogP contribution in [0.25, 0.3) is 0 Å². The summed E-state index contributed by atoms with van der Waals surface area (Å²) >= 11 is 5.88. The fraction of sp³-hybridized carbons (Fsp3) is 0.600. The first-order valence-corrected chi connectivity index (χ1v) is 5.30. The zero-order valence-corrected chi connectivity index (χ0v) is 9.04. The Labute approximate surface area is 89.1 Å². The molecule has 1 aliphatic heterocycles. The number of rotatable bonds is 1. The van der Waals surface area contributed by atoms with Crippen LogP contribution in [0.3, 0.4) is 0 Å². The predicted octanol–water partition coefficient (Wildman–Crippen LogP) is 1.94. The van der Waals surface area contributed by atoms with E-state index in [4.69, 9.17) is 11.6 Å². The van der Waals surface area contributed by atoms with Crippen molar-refractivity contribution < 1.29 is 0 Å². The van der Waals surface area contributed by atoms with Crippen LogP contribution in [0.5, 0.6) is 0 Å². The molecule has 1 fully saturated rings. The van der Waals surface area contributed by atoms with E-state index in [2.05, 4.69) is 22.1 Å². The topological polar surface area (TPSA) is 29.0 Å². The van der Waals surface area contributed by atoms with Crippen LogP contribution in [0.2, 0.25) is 5.02 Å². The monoisotopic (exact) mass is 211 g/mol. The molecule has 3 nitrogen and oxygen atoms in total. The second-order valence-corrected chi connectivity index (χ2v) is 4.34. The minimum Gasteiger partial charge on any atom is -0.306 e. The van der Waals surface area contributed by atoms with Gasteiger partial charge in [0.2, 0.25) is 0 Å². The van der Waals surface area contributed by atoms with E-state index in [0.29, 0.717) is 10.9 Å². The molecule has 0 radical (unpaired) electrons. The van der Waals surface area contributed by atoms with E-state index in [1.807, 2.05) is 6.07 Å². The van der Waals surface area contributed by atoms with E-state index >= 15 is 0 Å². The summed E-state index contributed by atoms with van der Waals surface area (Å²) in [6.45, 7) is 2.25. The Bertz CT molecular complexity index is 316. The highest BCUT2D eigenvalue weighted by Gasteiger charge is 2.20. The fourth-order valence-electron chi connectivity index (χ4n) is 1.97. The summed E-state index contributed by atoms with van der Waals surface area (Å²) in [4.78, 5) is 2.33. The zero-order chi connectivity index (χ0) is 9.97. The second-order valence-electron chi connectivity index (χ2n) is 3.90. The molecule has 1 aromatic rings. The van der Waals surface area contributed by atoms with Gasteiger partial charge in [-0.1, -0.05) is 11.6 Å². The van der Waals surface area contributed by atoms with Crippen molar-refractivity contribution in [3.8, 4) is 0 Å². The molecule has 4 heteroatoms. The lowest BCUT2D eigenvalue weighted by Gasteiger charge is -2.28. The molecular weight excluding hydrogens is 198 g/mol. The summed E-state index contributed by atoms with van der Waals surface area (Å²) in [7, 11) is 2.14. The number of piperidine rings is 1. The summed E-state index contributed by atoms with van der Waals surface area (Å²) in [5.41, 5.74) is 1.03. The highest BCUT2D eigenvalue weighted by atomic mass is 35.5. The molecule has 0 amide bonds. The Kier molecular flexibility index (Phi) is 2.99. The van der Waals surface area contributed by atoms with Gasteiger partial charge in [0, 0.05) is 12.5 Å². The van der Waals surface area contributed by atoms with Gasteiger partial charge in [-0.05, 0) is 32.5 Å². The largest absolute Gasteiger partial charge is 0.306 e. The van der Waals surface area contributed by atoms with E-state index in [9.17, 15) is 0 Å². The minimum absolute atomic E-state index is 0.500. The van der Waals surface area contributed by atoms with E-state index < -0.39 is 0 Å². The van der Waals surface area contributed by atoms with Crippen LogP contribution in [0.15, 0.2) is 12.3 Å². The molecule has 0 bridgehead atoms. The molecule has 1 aromatic heterocycles. The molecule has 1 unspecified atom stereocenters. The fourth-order valence-corrected chi connectivity index (χ4v) is 2.12. The Morgan fingerprint density at radius 2 is 2.43 bits per heavy atom. The van der Waals surface area contributed by atoms with Gasteiger partial charge in [0.1, 0.15) is 0 Å². The maximum Gasteiger partial charge on any atom is 0.0689 e. The van der Waals surface area contributed by atoms with E-state index in [1.165, 1.54) is 19.4 Å². The second kappa shape index (κ2) is 4.24. The average molecular weight is 212 g/mol. The Morgan fingerprint density at radius 1 is 1.57 bits per heavy atom. The molecular formula is C10H14ClN3. The van der Waals surface area contributed by atoms with Gasteiger partial charge < -0.3 is 4.90 Å². The summed E-state index contributed by atoms with van der Waals surface area (Å²) in [5, 5.41) is 8.70. The molecule has 76 valence electrons. The predicted molar refractivity (Wildman–Crippen MR) is 56.5 cm³/mol. The van der Waals surface area contributed by atoms with Crippen LogP contribution < -0.4 is 0 Å². The molecule has 0 N–H and O–H groups in total. The number of aromatic nitrogens is 2. The molecule has 1 saturated heterocycles. The van der Waals surface area contributed by atoms with Crippen LogP contribution in [-0.4, -0.2) is 35.2 Å². The Balaban J connectivity index is 2.14. The number of likely N-dealkylation sites (tertiary alicyclic amines) is 1. The molecule has 0 spiro atoms. The van der Waals surface area contributed by atoms with Gasteiger partial charge in [0.25, 0.3) is 0 Å². The highest BCUT2D eigenvalue weighted by Crippen LogP contribution is 2.25. The van der Waals surface area contributed by atoms with Gasteiger partial charge in [0.05, 0.1) is 16.9 Å². The number of hydrogen-bond donors (Lipinski definition) is 0. The van der Waals surface area contributed by atoms with E-state index in [0.717, 1.165) is 12.2 Å². The third-order valence-corrected chi connectivity index (χ3v) is 2.89. The maximum absolute atomic E-state index is 5.88. The molecule has 0 aliphatic carbocycles. The van der Waals surface area contributed by atoms with Gasteiger partial charge in [-0.2, -0.15) is 10.2 Å². The number of hydrogen-bond acceptors (Lipinski definition) is 3. The van der Waals surface area contributed by atoms with Crippen molar-refractivity contribution >= 4 is 11.6 Å².